The Labute approximate surface area is 267 Å². The second-order valence-corrected chi connectivity index (χ2v) is 14.8. The van der Waals surface area contributed by atoms with Crippen molar-refractivity contribution in [2.24, 2.45) is 28.2 Å². The molecule has 2 amide bonds. The highest BCUT2D eigenvalue weighted by Crippen LogP contribution is 2.48. The molecule has 1 aromatic heterocycles. The lowest BCUT2D eigenvalue weighted by molar-refractivity contribution is -0.134. The van der Waals surface area contributed by atoms with Crippen LogP contribution in [0.1, 0.15) is 114 Å². The standard InChI is InChI=1S/C34H52N8O3/c1-23(2)25-13-17-34(18-14-25)36-30(41-19-7-8-24(21-41)22-45-6)32(44)42(34)28(15-16-33(3,4)5)26-9-11-27(12-10-26)31(43)35-20-29-37-39-40-38-29/h9-12,23-25,28H,7-8,13-22H2,1-6H3,(H,35,43)(H,37,38,39,40)/t24?,25?,28-,34?/m1/s1. The number of hydrogen-bond donors (Lipinski definition) is 2. The van der Waals surface area contributed by atoms with Gasteiger partial charge in [0.25, 0.3) is 11.8 Å². The number of benzene rings is 1. The van der Waals surface area contributed by atoms with E-state index in [2.05, 4.69) is 70.4 Å². The first-order valence-electron chi connectivity index (χ1n) is 16.8. The predicted molar refractivity (Wildman–Crippen MR) is 173 cm³/mol. The van der Waals surface area contributed by atoms with E-state index < -0.39 is 5.66 Å². The minimum Gasteiger partial charge on any atom is -0.384 e. The van der Waals surface area contributed by atoms with E-state index in [1.54, 1.807) is 7.11 Å². The number of aromatic nitrogens is 4. The summed E-state index contributed by atoms with van der Waals surface area (Å²) >= 11 is 0. The molecule has 2 aliphatic heterocycles. The van der Waals surface area contributed by atoms with Gasteiger partial charge in [0.05, 0.1) is 19.2 Å². The number of nitrogens with zero attached hydrogens (tertiary/aromatic N) is 6. The van der Waals surface area contributed by atoms with Crippen molar-refractivity contribution in [1.29, 1.82) is 0 Å². The first kappa shape index (κ1) is 33.0. The summed E-state index contributed by atoms with van der Waals surface area (Å²) in [6.07, 6.45) is 7.81. The molecule has 0 radical (unpaired) electrons. The number of likely N-dealkylation sites (tertiary alicyclic amines) is 1. The zero-order valence-electron chi connectivity index (χ0n) is 28.0. The Kier molecular flexibility index (Phi) is 10.3. The van der Waals surface area contributed by atoms with Gasteiger partial charge in [-0.15, -0.1) is 10.2 Å². The second-order valence-electron chi connectivity index (χ2n) is 14.8. The third kappa shape index (κ3) is 7.73. The highest BCUT2D eigenvalue weighted by Gasteiger charge is 2.53. The summed E-state index contributed by atoms with van der Waals surface area (Å²) < 4.78 is 5.50. The molecular formula is C34H52N8O3. The van der Waals surface area contributed by atoms with Gasteiger partial charge in [0.2, 0.25) is 0 Å². The van der Waals surface area contributed by atoms with Crippen LogP contribution in [0.3, 0.4) is 0 Å². The predicted octanol–water partition coefficient (Wildman–Crippen LogP) is 5.14. The number of amides is 2. The number of piperidine rings is 1. The van der Waals surface area contributed by atoms with Gasteiger partial charge in [-0.2, -0.15) is 5.21 Å². The lowest BCUT2D eigenvalue weighted by Gasteiger charge is -2.46. The molecule has 1 aliphatic carbocycles. The second kappa shape index (κ2) is 14.0. The first-order chi connectivity index (χ1) is 21.5. The molecule has 2 atom stereocenters. The van der Waals surface area contributed by atoms with Crippen molar-refractivity contribution in [3.8, 4) is 0 Å². The van der Waals surface area contributed by atoms with Gasteiger partial charge >= 0.3 is 0 Å². The zero-order chi connectivity index (χ0) is 32.2. The van der Waals surface area contributed by atoms with Crippen molar-refractivity contribution < 1.29 is 14.3 Å². The van der Waals surface area contributed by atoms with Crippen LogP contribution in [-0.4, -0.2) is 80.5 Å². The number of methoxy groups -OCH3 is 1. The maximum atomic E-state index is 14.7. The summed E-state index contributed by atoms with van der Waals surface area (Å²) in [5.41, 5.74) is 1.14. The molecule has 1 aromatic carbocycles. The van der Waals surface area contributed by atoms with Gasteiger partial charge in [0.1, 0.15) is 5.66 Å². The summed E-state index contributed by atoms with van der Waals surface area (Å²) in [7, 11) is 1.75. The quantitative estimate of drug-likeness (QED) is 0.376. The molecule has 2 fully saturated rings. The van der Waals surface area contributed by atoms with Crippen molar-refractivity contribution in [2.75, 3.05) is 26.8 Å². The number of hydrogen-bond acceptors (Lipinski definition) is 8. The summed E-state index contributed by atoms with van der Waals surface area (Å²) in [5, 5.41) is 16.6. The van der Waals surface area contributed by atoms with Crippen LogP contribution in [0.25, 0.3) is 0 Å². The normalized spacial score (nSPS) is 24.8. The molecule has 11 heteroatoms. The minimum absolute atomic E-state index is 0.0527. The number of H-pyrrole nitrogens is 1. The molecule has 1 saturated heterocycles. The van der Waals surface area contributed by atoms with Crippen molar-refractivity contribution >= 4 is 17.6 Å². The van der Waals surface area contributed by atoms with Gasteiger partial charge in [0, 0.05) is 25.8 Å². The summed E-state index contributed by atoms with van der Waals surface area (Å²) in [5.74, 6) is 2.56. The van der Waals surface area contributed by atoms with Crippen LogP contribution in [-0.2, 0) is 16.1 Å². The molecule has 1 unspecified atom stereocenters. The number of carbonyl (C=O) groups excluding carboxylic acids is 2. The number of aromatic amines is 1. The average molecular weight is 621 g/mol. The van der Waals surface area contributed by atoms with E-state index in [1.807, 2.05) is 24.3 Å². The monoisotopic (exact) mass is 620 g/mol. The average Bonchev–Trinajstić information content (AvgIpc) is 3.63. The van der Waals surface area contributed by atoms with Crippen molar-refractivity contribution in [3.63, 3.8) is 0 Å². The molecule has 45 heavy (non-hydrogen) atoms. The molecule has 5 rings (SSSR count). The van der Waals surface area contributed by atoms with Crippen LogP contribution in [0.15, 0.2) is 29.3 Å². The first-order valence-corrected chi connectivity index (χ1v) is 16.8. The van der Waals surface area contributed by atoms with Gasteiger partial charge < -0.3 is 19.9 Å². The van der Waals surface area contributed by atoms with E-state index in [0.717, 1.165) is 70.0 Å². The third-order valence-electron chi connectivity index (χ3n) is 10.0. The molecular weight excluding hydrogens is 568 g/mol. The number of tetrazole rings is 1. The molecule has 246 valence electrons. The van der Waals surface area contributed by atoms with E-state index in [9.17, 15) is 9.59 Å². The molecule has 3 heterocycles. The topological polar surface area (TPSA) is 129 Å². The Balaban J connectivity index is 1.45. The summed E-state index contributed by atoms with van der Waals surface area (Å²) in [6.45, 7) is 13.9. The van der Waals surface area contributed by atoms with Crippen LogP contribution in [0.5, 0.6) is 0 Å². The van der Waals surface area contributed by atoms with Crippen LogP contribution in [0, 0.1) is 23.2 Å². The lowest BCUT2D eigenvalue weighted by atomic mass is 9.75. The highest BCUT2D eigenvalue weighted by molar-refractivity contribution is 6.39. The number of nitrogens with one attached hydrogen (secondary N) is 2. The lowest BCUT2D eigenvalue weighted by Crippen LogP contribution is -2.52. The van der Waals surface area contributed by atoms with Crippen molar-refractivity contribution in [2.45, 2.75) is 104 Å². The molecule has 2 aromatic rings. The Morgan fingerprint density at radius 1 is 1.16 bits per heavy atom. The van der Waals surface area contributed by atoms with Gasteiger partial charge in [-0.25, -0.2) is 4.99 Å². The van der Waals surface area contributed by atoms with E-state index in [0.29, 0.717) is 41.6 Å². The Morgan fingerprint density at radius 2 is 1.89 bits per heavy atom. The maximum Gasteiger partial charge on any atom is 0.291 e. The van der Waals surface area contributed by atoms with Gasteiger partial charge in [-0.1, -0.05) is 52.0 Å². The number of carbonyl (C=O) groups is 2. The van der Waals surface area contributed by atoms with Crippen LogP contribution in [0.2, 0.25) is 0 Å². The number of ether oxygens (including phenoxy) is 1. The SMILES string of the molecule is COCC1CCCN(C2=NC3(CCC(C(C)C)CC3)N([C@H](CCC(C)(C)C)c3ccc(C(=O)NCc4nn[nH]n4)cc3)C2=O)C1. The highest BCUT2D eigenvalue weighted by atomic mass is 16.5. The van der Waals surface area contributed by atoms with Crippen LogP contribution < -0.4 is 5.32 Å². The minimum atomic E-state index is -0.546. The third-order valence-corrected chi connectivity index (χ3v) is 10.0. The van der Waals surface area contributed by atoms with E-state index in [-0.39, 0.29) is 29.8 Å². The largest absolute Gasteiger partial charge is 0.384 e. The Morgan fingerprint density at radius 3 is 2.51 bits per heavy atom. The van der Waals surface area contributed by atoms with Gasteiger partial charge in [-0.05, 0) is 92.2 Å². The van der Waals surface area contributed by atoms with Crippen LogP contribution >= 0.6 is 0 Å². The Bertz CT molecular complexity index is 1310. The number of aliphatic imine (C=N–C) groups is 1. The van der Waals surface area contributed by atoms with E-state index >= 15 is 0 Å². The molecule has 3 aliphatic rings. The van der Waals surface area contributed by atoms with Crippen molar-refractivity contribution in [3.05, 3.63) is 41.2 Å². The molecule has 2 N–H and O–H groups in total. The summed E-state index contributed by atoms with van der Waals surface area (Å²) in [4.78, 5) is 37.5. The smallest absolute Gasteiger partial charge is 0.291 e. The zero-order valence-corrected chi connectivity index (χ0v) is 28.0. The van der Waals surface area contributed by atoms with E-state index in [4.69, 9.17) is 9.73 Å². The Hall–Kier alpha value is -3.34. The molecule has 1 saturated carbocycles. The summed E-state index contributed by atoms with van der Waals surface area (Å²) in [6, 6.07) is 7.60. The molecule has 0 bridgehead atoms. The maximum absolute atomic E-state index is 14.7. The van der Waals surface area contributed by atoms with Gasteiger partial charge in [-0.3, -0.25) is 9.59 Å². The number of rotatable bonds is 10. The van der Waals surface area contributed by atoms with Gasteiger partial charge in [0.15, 0.2) is 11.7 Å². The fourth-order valence-corrected chi connectivity index (χ4v) is 7.37. The number of amidine groups is 1. The fraction of sp³-hybridized carbons (Fsp3) is 0.706. The molecule has 11 nitrogen and oxygen atoms in total. The fourth-order valence-electron chi connectivity index (χ4n) is 7.37. The van der Waals surface area contributed by atoms with E-state index in [1.165, 1.54) is 0 Å². The van der Waals surface area contributed by atoms with Crippen molar-refractivity contribution in [1.82, 2.24) is 35.7 Å². The van der Waals surface area contributed by atoms with Crippen LogP contribution in [0.4, 0.5) is 0 Å². The molecule has 1 spiro atoms.